The maximum atomic E-state index is 11.1. The Morgan fingerprint density at radius 1 is 1.50 bits per heavy atom. The minimum Gasteiger partial charge on any atom is -0.468 e. The summed E-state index contributed by atoms with van der Waals surface area (Å²) in [5.74, 6) is -0.539. The van der Waals surface area contributed by atoms with Crippen LogP contribution in [0.25, 0.3) is 0 Å². The SMILES string of the molecule is CCC(=O)O[C@H]1CN[C@H](C(=O)OC)C1. The molecule has 0 unspecified atom stereocenters. The summed E-state index contributed by atoms with van der Waals surface area (Å²) in [6, 6.07) is -0.338. The highest BCUT2D eigenvalue weighted by Gasteiger charge is 2.31. The first-order chi connectivity index (χ1) is 6.67. The lowest BCUT2D eigenvalue weighted by Gasteiger charge is -2.09. The Balaban J connectivity index is 2.34. The van der Waals surface area contributed by atoms with Crippen LogP contribution >= 0.6 is 0 Å². The molecule has 5 nitrogen and oxygen atoms in total. The van der Waals surface area contributed by atoms with Crippen molar-refractivity contribution in [3.8, 4) is 0 Å². The molecule has 1 saturated heterocycles. The van der Waals surface area contributed by atoms with Gasteiger partial charge in [0, 0.05) is 19.4 Å². The van der Waals surface area contributed by atoms with Gasteiger partial charge in [0.1, 0.15) is 12.1 Å². The van der Waals surface area contributed by atoms with Gasteiger partial charge in [0.2, 0.25) is 0 Å². The third kappa shape index (κ3) is 2.70. The number of rotatable bonds is 3. The molecule has 0 saturated carbocycles. The summed E-state index contributed by atoms with van der Waals surface area (Å²) in [5.41, 5.74) is 0. The largest absolute Gasteiger partial charge is 0.468 e. The Bertz CT molecular complexity index is 229. The molecule has 80 valence electrons. The third-order valence-corrected chi connectivity index (χ3v) is 2.16. The number of nitrogens with one attached hydrogen (secondary N) is 1. The van der Waals surface area contributed by atoms with Crippen molar-refractivity contribution in [3.05, 3.63) is 0 Å². The van der Waals surface area contributed by atoms with Crippen molar-refractivity contribution >= 4 is 11.9 Å². The van der Waals surface area contributed by atoms with Gasteiger partial charge in [-0.1, -0.05) is 6.92 Å². The number of hydrogen-bond acceptors (Lipinski definition) is 5. The summed E-state index contributed by atoms with van der Waals surface area (Å²) < 4.78 is 9.65. The number of carbonyl (C=O) groups is 2. The molecule has 14 heavy (non-hydrogen) atoms. The first kappa shape index (κ1) is 11.0. The molecule has 0 aromatic heterocycles. The Hall–Kier alpha value is -1.10. The second-order valence-electron chi connectivity index (χ2n) is 3.19. The van der Waals surface area contributed by atoms with E-state index in [9.17, 15) is 9.59 Å². The Morgan fingerprint density at radius 2 is 2.21 bits per heavy atom. The van der Waals surface area contributed by atoms with Crippen LogP contribution in [0.15, 0.2) is 0 Å². The normalized spacial score (nSPS) is 25.9. The zero-order valence-electron chi connectivity index (χ0n) is 8.41. The number of esters is 2. The Labute approximate surface area is 82.8 Å². The maximum Gasteiger partial charge on any atom is 0.323 e. The van der Waals surface area contributed by atoms with Gasteiger partial charge in [-0.25, -0.2) is 0 Å². The lowest BCUT2D eigenvalue weighted by atomic mass is 10.2. The molecule has 1 aliphatic heterocycles. The van der Waals surface area contributed by atoms with Crippen molar-refractivity contribution in [1.82, 2.24) is 5.32 Å². The van der Waals surface area contributed by atoms with Gasteiger partial charge < -0.3 is 14.8 Å². The van der Waals surface area contributed by atoms with E-state index in [0.29, 0.717) is 19.4 Å². The fraction of sp³-hybridized carbons (Fsp3) is 0.778. The van der Waals surface area contributed by atoms with Crippen LogP contribution < -0.4 is 5.32 Å². The number of methoxy groups -OCH3 is 1. The zero-order valence-corrected chi connectivity index (χ0v) is 8.41. The Morgan fingerprint density at radius 3 is 2.79 bits per heavy atom. The van der Waals surface area contributed by atoms with Gasteiger partial charge in [-0.3, -0.25) is 9.59 Å². The molecule has 0 aliphatic carbocycles. The standard InChI is InChI=1S/C9H15NO4/c1-3-8(11)14-6-4-7(10-5-6)9(12)13-2/h6-7,10H,3-5H2,1-2H3/t6-,7+/m1/s1. The van der Waals surface area contributed by atoms with Crippen LogP contribution in [0.4, 0.5) is 0 Å². The second-order valence-corrected chi connectivity index (χ2v) is 3.19. The maximum absolute atomic E-state index is 11.1. The van der Waals surface area contributed by atoms with Crippen molar-refractivity contribution in [2.75, 3.05) is 13.7 Å². The third-order valence-electron chi connectivity index (χ3n) is 2.16. The molecular formula is C9H15NO4. The van der Waals surface area contributed by atoms with E-state index in [-0.39, 0.29) is 24.1 Å². The molecule has 1 fully saturated rings. The highest BCUT2D eigenvalue weighted by Crippen LogP contribution is 2.12. The molecule has 1 rings (SSSR count). The summed E-state index contributed by atoms with van der Waals surface area (Å²) in [6.07, 6.45) is 0.657. The van der Waals surface area contributed by atoms with Gasteiger partial charge in [-0.15, -0.1) is 0 Å². The number of carbonyl (C=O) groups excluding carboxylic acids is 2. The van der Waals surface area contributed by atoms with E-state index in [4.69, 9.17) is 4.74 Å². The topological polar surface area (TPSA) is 64.6 Å². The predicted molar refractivity (Wildman–Crippen MR) is 48.6 cm³/mol. The average molecular weight is 201 g/mol. The van der Waals surface area contributed by atoms with Crippen molar-refractivity contribution < 1.29 is 19.1 Å². The molecule has 1 aliphatic rings. The first-order valence-corrected chi connectivity index (χ1v) is 4.68. The van der Waals surface area contributed by atoms with Crippen LogP contribution in [0, 0.1) is 0 Å². The fourth-order valence-corrected chi connectivity index (χ4v) is 1.38. The summed E-state index contributed by atoms with van der Waals surface area (Å²) in [5, 5.41) is 2.94. The molecule has 2 atom stereocenters. The van der Waals surface area contributed by atoms with Crippen LogP contribution in [0.3, 0.4) is 0 Å². The van der Waals surface area contributed by atoms with Crippen molar-refractivity contribution in [3.63, 3.8) is 0 Å². The van der Waals surface area contributed by atoms with Crippen LogP contribution in [0.1, 0.15) is 19.8 Å². The summed E-state index contributed by atoms with van der Waals surface area (Å²) in [6.45, 7) is 2.26. The molecule has 0 spiro atoms. The first-order valence-electron chi connectivity index (χ1n) is 4.68. The van der Waals surface area contributed by atoms with Crippen LogP contribution in [-0.2, 0) is 19.1 Å². The monoisotopic (exact) mass is 201 g/mol. The van der Waals surface area contributed by atoms with E-state index in [1.165, 1.54) is 7.11 Å². The Kier molecular flexibility index (Phi) is 3.88. The lowest BCUT2D eigenvalue weighted by Crippen LogP contribution is -2.31. The van der Waals surface area contributed by atoms with Gasteiger partial charge in [0.15, 0.2) is 0 Å². The molecule has 0 radical (unpaired) electrons. The minimum absolute atomic E-state index is 0.202. The van der Waals surface area contributed by atoms with E-state index in [2.05, 4.69) is 10.1 Å². The van der Waals surface area contributed by atoms with Gasteiger partial charge in [0.25, 0.3) is 0 Å². The van der Waals surface area contributed by atoms with E-state index < -0.39 is 0 Å². The van der Waals surface area contributed by atoms with Gasteiger partial charge >= 0.3 is 11.9 Å². The van der Waals surface area contributed by atoms with Gasteiger partial charge in [-0.05, 0) is 0 Å². The van der Waals surface area contributed by atoms with Gasteiger partial charge in [0.05, 0.1) is 7.11 Å². The average Bonchev–Trinajstić information content (AvgIpc) is 2.65. The molecule has 0 aromatic rings. The van der Waals surface area contributed by atoms with Crippen molar-refractivity contribution in [2.45, 2.75) is 31.9 Å². The molecule has 1 N–H and O–H groups in total. The zero-order chi connectivity index (χ0) is 10.6. The van der Waals surface area contributed by atoms with Crippen molar-refractivity contribution in [1.29, 1.82) is 0 Å². The lowest BCUT2D eigenvalue weighted by molar-refractivity contribution is -0.149. The van der Waals surface area contributed by atoms with Crippen LogP contribution in [0.5, 0.6) is 0 Å². The smallest absolute Gasteiger partial charge is 0.323 e. The molecule has 1 heterocycles. The second kappa shape index (κ2) is 4.95. The highest BCUT2D eigenvalue weighted by molar-refractivity contribution is 5.76. The van der Waals surface area contributed by atoms with Gasteiger partial charge in [-0.2, -0.15) is 0 Å². The summed E-state index contributed by atoms with van der Waals surface area (Å²) in [7, 11) is 1.34. The van der Waals surface area contributed by atoms with E-state index >= 15 is 0 Å². The quantitative estimate of drug-likeness (QED) is 0.643. The van der Waals surface area contributed by atoms with Crippen LogP contribution in [0.2, 0.25) is 0 Å². The fourth-order valence-electron chi connectivity index (χ4n) is 1.38. The summed E-state index contributed by atoms with van der Waals surface area (Å²) in [4.78, 5) is 22.0. The van der Waals surface area contributed by atoms with E-state index in [0.717, 1.165) is 0 Å². The van der Waals surface area contributed by atoms with Crippen LogP contribution in [-0.4, -0.2) is 37.7 Å². The molecular weight excluding hydrogens is 186 g/mol. The molecule has 5 heteroatoms. The number of ether oxygens (including phenoxy) is 2. The number of hydrogen-bond donors (Lipinski definition) is 1. The summed E-state index contributed by atoms with van der Waals surface area (Å²) >= 11 is 0. The van der Waals surface area contributed by atoms with Crippen molar-refractivity contribution in [2.24, 2.45) is 0 Å². The molecule has 0 bridgehead atoms. The predicted octanol–water partition coefficient (Wildman–Crippen LogP) is -0.157. The molecule has 0 amide bonds. The minimum atomic E-state index is -0.338. The molecule has 0 aromatic carbocycles. The van der Waals surface area contributed by atoms with E-state index in [1.807, 2.05) is 0 Å². The van der Waals surface area contributed by atoms with E-state index in [1.54, 1.807) is 6.92 Å². The highest BCUT2D eigenvalue weighted by atomic mass is 16.5.